The van der Waals surface area contributed by atoms with Gasteiger partial charge in [-0.1, -0.05) is 24.3 Å². The number of morpholine rings is 1. The van der Waals surface area contributed by atoms with E-state index in [9.17, 15) is 4.79 Å². The van der Waals surface area contributed by atoms with E-state index in [-0.39, 0.29) is 12.0 Å². The molecule has 7 nitrogen and oxygen atoms in total. The summed E-state index contributed by atoms with van der Waals surface area (Å²) in [7, 11) is 0. The van der Waals surface area contributed by atoms with Gasteiger partial charge in [-0.05, 0) is 11.1 Å². The first-order valence-electron chi connectivity index (χ1n) is 7.79. The highest BCUT2D eigenvalue weighted by Gasteiger charge is 2.16. The smallest absolute Gasteiger partial charge is 0.222 e. The molecule has 2 N–H and O–H groups in total. The number of aromatic nitrogens is 3. The number of benzene rings is 1. The highest BCUT2D eigenvalue weighted by molar-refractivity contribution is 5.76. The van der Waals surface area contributed by atoms with Gasteiger partial charge in [0.05, 0.1) is 25.7 Å². The predicted molar refractivity (Wildman–Crippen MR) is 84.6 cm³/mol. The third-order valence-electron chi connectivity index (χ3n) is 3.74. The zero-order chi connectivity index (χ0) is 15.9. The van der Waals surface area contributed by atoms with Gasteiger partial charge in [-0.15, -0.1) is 0 Å². The quantitative estimate of drug-likeness (QED) is 0.802. The Morgan fingerprint density at radius 3 is 2.87 bits per heavy atom. The van der Waals surface area contributed by atoms with Gasteiger partial charge in [0.25, 0.3) is 0 Å². The molecule has 7 heteroatoms. The highest BCUT2D eigenvalue weighted by Crippen LogP contribution is 2.06. The Bertz CT molecular complexity index is 606. The monoisotopic (exact) mass is 315 g/mol. The van der Waals surface area contributed by atoms with Gasteiger partial charge >= 0.3 is 0 Å². The summed E-state index contributed by atoms with van der Waals surface area (Å²) in [5.41, 5.74) is 2.22. The summed E-state index contributed by atoms with van der Waals surface area (Å²) in [6.07, 6.45) is 3.59. The third kappa shape index (κ3) is 4.87. The minimum absolute atomic E-state index is 0.0189. The van der Waals surface area contributed by atoms with Crippen LogP contribution in [0.15, 0.2) is 36.9 Å². The summed E-state index contributed by atoms with van der Waals surface area (Å²) >= 11 is 0. The molecule has 1 aliphatic heterocycles. The van der Waals surface area contributed by atoms with Crippen LogP contribution in [0.5, 0.6) is 0 Å². The maximum Gasteiger partial charge on any atom is 0.222 e. The second kappa shape index (κ2) is 7.85. The molecular formula is C16H21N5O2. The van der Waals surface area contributed by atoms with Crippen LogP contribution in [0.4, 0.5) is 0 Å². The van der Waals surface area contributed by atoms with E-state index >= 15 is 0 Å². The Kier molecular flexibility index (Phi) is 5.33. The van der Waals surface area contributed by atoms with Gasteiger partial charge in [0.2, 0.25) is 5.91 Å². The lowest BCUT2D eigenvalue weighted by Crippen LogP contribution is -2.41. The predicted octanol–water partition coefficient (Wildman–Crippen LogP) is 0.321. The Morgan fingerprint density at radius 1 is 1.35 bits per heavy atom. The Morgan fingerprint density at radius 2 is 2.17 bits per heavy atom. The normalized spacial score (nSPS) is 17.8. The van der Waals surface area contributed by atoms with E-state index in [1.807, 2.05) is 24.3 Å². The molecule has 1 amide bonds. The lowest BCUT2D eigenvalue weighted by Gasteiger charge is -2.23. The molecule has 1 unspecified atom stereocenters. The Balaban J connectivity index is 1.43. The molecular weight excluding hydrogens is 294 g/mol. The van der Waals surface area contributed by atoms with Crippen LogP contribution in [0, 0.1) is 0 Å². The van der Waals surface area contributed by atoms with E-state index in [0.29, 0.717) is 26.1 Å². The first-order valence-corrected chi connectivity index (χ1v) is 7.79. The Hall–Kier alpha value is -2.25. The fourth-order valence-electron chi connectivity index (χ4n) is 2.49. The summed E-state index contributed by atoms with van der Waals surface area (Å²) in [6.45, 7) is 3.50. The van der Waals surface area contributed by atoms with Crippen LogP contribution in [-0.4, -0.2) is 46.5 Å². The van der Waals surface area contributed by atoms with Gasteiger partial charge in [-0.2, -0.15) is 5.10 Å². The van der Waals surface area contributed by atoms with Gasteiger partial charge < -0.3 is 15.4 Å². The van der Waals surface area contributed by atoms with E-state index in [1.54, 1.807) is 11.0 Å². The first kappa shape index (κ1) is 15.6. The van der Waals surface area contributed by atoms with Crippen LogP contribution < -0.4 is 10.6 Å². The van der Waals surface area contributed by atoms with E-state index in [4.69, 9.17) is 4.74 Å². The van der Waals surface area contributed by atoms with Gasteiger partial charge in [-0.3, -0.25) is 4.79 Å². The fraction of sp³-hybridized carbons (Fsp3) is 0.438. The van der Waals surface area contributed by atoms with E-state index in [0.717, 1.165) is 24.2 Å². The number of hydrogen-bond acceptors (Lipinski definition) is 5. The molecule has 23 heavy (non-hydrogen) atoms. The van der Waals surface area contributed by atoms with Gasteiger partial charge in [-0.25, -0.2) is 9.67 Å². The minimum atomic E-state index is -0.0196. The van der Waals surface area contributed by atoms with Crippen molar-refractivity contribution in [3.8, 4) is 0 Å². The minimum Gasteiger partial charge on any atom is -0.375 e. The molecule has 1 aromatic carbocycles. The summed E-state index contributed by atoms with van der Waals surface area (Å²) in [4.78, 5) is 15.8. The van der Waals surface area contributed by atoms with Crippen molar-refractivity contribution >= 4 is 5.91 Å². The largest absolute Gasteiger partial charge is 0.375 e. The molecule has 0 saturated carbocycles. The number of carbonyl (C=O) groups excluding carboxylic acids is 1. The molecule has 1 aliphatic rings. The van der Waals surface area contributed by atoms with Crippen LogP contribution >= 0.6 is 0 Å². The molecule has 122 valence electrons. The molecule has 0 radical (unpaired) electrons. The summed E-state index contributed by atoms with van der Waals surface area (Å²) in [5, 5.41) is 10.2. The number of nitrogens with zero attached hydrogens (tertiary/aromatic N) is 3. The molecule has 1 saturated heterocycles. The number of hydrogen-bond donors (Lipinski definition) is 2. The second-order valence-corrected chi connectivity index (χ2v) is 5.59. The first-order chi connectivity index (χ1) is 11.3. The average Bonchev–Trinajstić information content (AvgIpc) is 3.08. The van der Waals surface area contributed by atoms with Crippen LogP contribution in [0.1, 0.15) is 17.5 Å². The highest BCUT2D eigenvalue weighted by atomic mass is 16.5. The molecule has 1 atom stereocenters. The molecule has 0 spiro atoms. The van der Waals surface area contributed by atoms with Crippen molar-refractivity contribution in [1.82, 2.24) is 25.4 Å². The van der Waals surface area contributed by atoms with Crippen LogP contribution in [-0.2, 0) is 22.6 Å². The standard InChI is InChI=1S/C16H21N5O2/c22-16(7-15-9-17-5-6-23-15)19-8-13-1-3-14(4-2-13)10-21-12-18-11-20-21/h1-4,11-12,15,17H,5-10H2,(H,19,22). The van der Waals surface area contributed by atoms with Crippen molar-refractivity contribution in [3.05, 3.63) is 48.0 Å². The fourth-order valence-corrected chi connectivity index (χ4v) is 2.49. The maximum atomic E-state index is 11.9. The number of nitrogens with one attached hydrogen (secondary N) is 2. The number of amides is 1. The van der Waals surface area contributed by atoms with E-state index < -0.39 is 0 Å². The zero-order valence-electron chi connectivity index (χ0n) is 12.9. The molecule has 0 bridgehead atoms. The van der Waals surface area contributed by atoms with Crippen molar-refractivity contribution in [2.24, 2.45) is 0 Å². The second-order valence-electron chi connectivity index (χ2n) is 5.59. The lowest BCUT2D eigenvalue weighted by atomic mass is 10.1. The van der Waals surface area contributed by atoms with E-state index in [2.05, 4.69) is 20.7 Å². The molecule has 1 aromatic heterocycles. The summed E-state index contributed by atoms with van der Waals surface area (Å²) in [5.74, 6) is 0.0189. The summed E-state index contributed by atoms with van der Waals surface area (Å²) in [6, 6.07) is 8.12. The lowest BCUT2D eigenvalue weighted by molar-refractivity contribution is -0.124. The number of carbonyl (C=O) groups is 1. The van der Waals surface area contributed by atoms with Crippen molar-refractivity contribution in [2.75, 3.05) is 19.7 Å². The topological polar surface area (TPSA) is 81.1 Å². The number of rotatable bonds is 6. The Labute approximate surface area is 135 Å². The third-order valence-corrected chi connectivity index (χ3v) is 3.74. The maximum absolute atomic E-state index is 11.9. The average molecular weight is 315 g/mol. The van der Waals surface area contributed by atoms with Crippen LogP contribution in [0.3, 0.4) is 0 Å². The van der Waals surface area contributed by atoms with Gasteiger partial charge in [0, 0.05) is 19.6 Å². The molecule has 2 heterocycles. The van der Waals surface area contributed by atoms with Crippen molar-refractivity contribution in [2.45, 2.75) is 25.6 Å². The molecule has 2 aromatic rings. The van der Waals surface area contributed by atoms with Crippen molar-refractivity contribution < 1.29 is 9.53 Å². The molecule has 1 fully saturated rings. The zero-order valence-corrected chi connectivity index (χ0v) is 12.9. The van der Waals surface area contributed by atoms with Crippen LogP contribution in [0.2, 0.25) is 0 Å². The SMILES string of the molecule is O=C(CC1CNCCO1)NCc1ccc(Cn2cncn2)cc1. The summed E-state index contributed by atoms with van der Waals surface area (Å²) < 4.78 is 7.30. The molecule has 0 aliphatic carbocycles. The van der Waals surface area contributed by atoms with Gasteiger partial charge in [0.15, 0.2) is 0 Å². The van der Waals surface area contributed by atoms with Crippen molar-refractivity contribution in [1.29, 1.82) is 0 Å². The van der Waals surface area contributed by atoms with Crippen molar-refractivity contribution in [3.63, 3.8) is 0 Å². The number of ether oxygens (including phenoxy) is 1. The van der Waals surface area contributed by atoms with Crippen LogP contribution in [0.25, 0.3) is 0 Å². The van der Waals surface area contributed by atoms with E-state index in [1.165, 1.54) is 6.33 Å². The molecule has 3 rings (SSSR count). The van der Waals surface area contributed by atoms with Gasteiger partial charge in [0.1, 0.15) is 12.7 Å².